The number of nitrogen functional groups attached to an aromatic ring is 2. The Bertz CT molecular complexity index is 293. The van der Waals surface area contributed by atoms with Crippen LogP contribution in [-0.2, 0) is 0 Å². The summed E-state index contributed by atoms with van der Waals surface area (Å²) >= 11 is 0. The quantitative estimate of drug-likeness (QED) is 0.297. The predicted molar refractivity (Wildman–Crippen MR) is 46.3 cm³/mol. The SMILES string of the molecule is NC(N)=Nc1nc(N)cc(N)n1. The molecule has 7 nitrogen and oxygen atoms in total. The summed E-state index contributed by atoms with van der Waals surface area (Å²) in [5.41, 5.74) is 20.9. The van der Waals surface area contributed by atoms with E-state index in [9.17, 15) is 0 Å². The molecule has 0 fully saturated rings. The van der Waals surface area contributed by atoms with Gasteiger partial charge in [0, 0.05) is 6.07 Å². The first-order valence-electron chi connectivity index (χ1n) is 3.07. The Morgan fingerprint density at radius 3 is 2.08 bits per heavy atom. The van der Waals surface area contributed by atoms with E-state index in [2.05, 4.69) is 15.0 Å². The van der Waals surface area contributed by atoms with Gasteiger partial charge in [0.05, 0.1) is 0 Å². The van der Waals surface area contributed by atoms with Gasteiger partial charge in [0.15, 0.2) is 5.96 Å². The van der Waals surface area contributed by atoms with Crippen LogP contribution in [0.5, 0.6) is 0 Å². The minimum Gasteiger partial charge on any atom is -0.383 e. The van der Waals surface area contributed by atoms with Crippen LogP contribution >= 0.6 is 0 Å². The van der Waals surface area contributed by atoms with Crippen LogP contribution in [0.2, 0.25) is 0 Å². The van der Waals surface area contributed by atoms with Gasteiger partial charge in [0.25, 0.3) is 5.95 Å². The molecule has 0 saturated heterocycles. The molecule has 0 aliphatic heterocycles. The van der Waals surface area contributed by atoms with E-state index >= 15 is 0 Å². The molecule has 0 unspecified atom stereocenters. The number of rotatable bonds is 1. The Kier molecular flexibility index (Phi) is 1.95. The van der Waals surface area contributed by atoms with Gasteiger partial charge in [-0.3, -0.25) is 0 Å². The number of hydrogen-bond donors (Lipinski definition) is 4. The van der Waals surface area contributed by atoms with Crippen molar-refractivity contribution in [3.05, 3.63) is 6.07 Å². The smallest absolute Gasteiger partial charge is 0.256 e. The number of guanidine groups is 1. The van der Waals surface area contributed by atoms with Crippen molar-refractivity contribution in [2.45, 2.75) is 0 Å². The maximum atomic E-state index is 5.35. The third-order valence-corrected chi connectivity index (χ3v) is 0.983. The van der Waals surface area contributed by atoms with Crippen molar-refractivity contribution in [3.8, 4) is 0 Å². The fraction of sp³-hybridized carbons (Fsp3) is 0. The van der Waals surface area contributed by atoms with E-state index in [4.69, 9.17) is 22.9 Å². The van der Waals surface area contributed by atoms with Crippen LogP contribution in [-0.4, -0.2) is 15.9 Å². The third kappa shape index (κ3) is 1.97. The number of hydrogen-bond acceptors (Lipinski definition) is 5. The molecule has 0 spiro atoms. The fourth-order valence-corrected chi connectivity index (χ4v) is 0.637. The van der Waals surface area contributed by atoms with E-state index in [1.54, 1.807) is 0 Å². The summed E-state index contributed by atoms with van der Waals surface area (Å²) in [4.78, 5) is 11.0. The Balaban J connectivity index is 3.09. The van der Waals surface area contributed by atoms with Crippen molar-refractivity contribution in [1.29, 1.82) is 0 Å². The monoisotopic (exact) mass is 167 g/mol. The number of aliphatic imine (C=N–C) groups is 1. The Morgan fingerprint density at radius 1 is 1.17 bits per heavy atom. The lowest BCUT2D eigenvalue weighted by atomic mass is 10.5. The average Bonchev–Trinajstić information content (AvgIpc) is 1.81. The van der Waals surface area contributed by atoms with Gasteiger partial charge in [-0.15, -0.1) is 0 Å². The van der Waals surface area contributed by atoms with Gasteiger partial charge < -0.3 is 22.9 Å². The zero-order chi connectivity index (χ0) is 9.14. The summed E-state index contributed by atoms with van der Waals surface area (Å²) in [5, 5.41) is 0. The molecule has 1 aromatic rings. The van der Waals surface area contributed by atoms with E-state index in [0.717, 1.165) is 0 Å². The first-order chi connectivity index (χ1) is 5.58. The standard InChI is InChI=1S/C5H9N7/c6-2-1-3(7)11-5(10-2)12-4(8)9/h1H,(H8,6,7,8,9,10,11,12). The second kappa shape index (κ2) is 2.91. The van der Waals surface area contributed by atoms with Gasteiger partial charge in [-0.05, 0) is 0 Å². The van der Waals surface area contributed by atoms with E-state index < -0.39 is 0 Å². The van der Waals surface area contributed by atoms with Crippen LogP contribution in [0.25, 0.3) is 0 Å². The molecule has 0 bridgehead atoms. The lowest BCUT2D eigenvalue weighted by Gasteiger charge is -1.97. The molecule has 0 aliphatic rings. The van der Waals surface area contributed by atoms with Crippen molar-refractivity contribution >= 4 is 23.5 Å². The number of nitrogens with zero attached hydrogens (tertiary/aromatic N) is 3. The highest BCUT2D eigenvalue weighted by Crippen LogP contribution is 2.09. The third-order valence-electron chi connectivity index (χ3n) is 0.983. The number of aromatic nitrogens is 2. The van der Waals surface area contributed by atoms with Crippen molar-refractivity contribution < 1.29 is 0 Å². The molecular formula is C5H9N7. The molecule has 0 atom stereocenters. The summed E-state index contributed by atoms with van der Waals surface area (Å²) in [6.07, 6.45) is 0. The molecule has 8 N–H and O–H groups in total. The highest BCUT2D eigenvalue weighted by Gasteiger charge is 1.97. The van der Waals surface area contributed by atoms with Crippen LogP contribution in [0, 0.1) is 0 Å². The maximum absolute atomic E-state index is 5.35. The molecule has 0 aromatic carbocycles. The number of nitrogens with two attached hydrogens (primary N) is 4. The maximum Gasteiger partial charge on any atom is 0.256 e. The molecule has 0 aliphatic carbocycles. The van der Waals surface area contributed by atoms with Gasteiger partial charge in [-0.1, -0.05) is 0 Å². The van der Waals surface area contributed by atoms with Crippen molar-refractivity contribution in [3.63, 3.8) is 0 Å². The van der Waals surface area contributed by atoms with Crippen LogP contribution in [0.4, 0.5) is 17.6 Å². The molecule has 1 aromatic heterocycles. The molecule has 1 rings (SSSR count). The van der Waals surface area contributed by atoms with Gasteiger partial charge in [0.2, 0.25) is 0 Å². The number of anilines is 2. The molecule has 0 radical (unpaired) electrons. The lowest BCUT2D eigenvalue weighted by molar-refractivity contribution is 1.14. The van der Waals surface area contributed by atoms with Crippen LogP contribution in [0.15, 0.2) is 11.1 Å². The summed E-state index contributed by atoms with van der Waals surface area (Å²) in [6, 6.07) is 1.41. The predicted octanol–water partition coefficient (Wildman–Crippen LogP) is -1.45. The van der Waals surface area contributed by atoms with E-state index in [1.807, 2.05) is 0 Å². The molecule has 7 heteroatoms. The zero-order valence-electron chi connectivity index (χ0n) is 6.23. The molecule has 64 valence electrons. The lowest BCUT2D eigenvalue weighted by Crippen LogP contribution is -2.22. The Labute approximate surface area is 68.5 Å². The van der Waals surface area contributed by atoms with Crippen molar-refractivity contribution in [2.24, 2.45) is 16.5 Å². The molecule has 0 amide bonds. The normalized spacial score (nSPS) is 9.33. The summed E-state index contributed by atoms with van der Waals surface area (Å²) < 4.78 is 0. The van der Waals surface area contributed by atoms with Gasteiger partial charge in [-0.25, -0.2) is 0 Å². The Hall–Kier alpha value is -2.05. The van der Waals surface area contributed by atoms with Gasteiger partial charge in [-0.2, -0.15) is 15.0 Å². The molecule has 0 saturated carbocycles. The fourth-order valence-electron chi connectivity index (χ4n) is 0.637. The highest BCUT2D eigenvalue weighted by atomic mass is 15.1. The summed E-state index contributed by atoms with van der Waals surface area (Å²) in [7, 11) is 0. The second-order valence-corrected chi connectivity index (χ2v) is 2.05. The summed E-state index contributed by atoms with van der Waals surface area (Å²) in [5.74, 6) is 0.373. The largest absolute Gasteiger partial charge is 0.383 e. The summed E-state index contributed by atoms with van der Waals surface area (Å²) in [6.45, 7) is 0. The van der Waals surface area contributed by atoms with Crippen LogP contribution in [0.1, 0.15) is 0 Å². The highest BCUT2D eigenvalue weighted by molar-refractivity contribution is 5.78. The minimum atomic E-state index is -0.139. The van der Waals surface area contributed by atoms with E-state index in [-0.39, 0.29) is 23.5 Å². The first-order valence-corrected chi connectivity index (χ1v) is 3.07. The van der Waals surface area contributed by atoms with Gasteiger partial charge in [0.1, 0.15) is 11.6 Å². The van der Waals surface area contributed by atoms with E-state index in [1.165, 1.54) is 6.07 Å². The molecular weight excluding hydrogens is 158 g/mol. The average molecular weight is 167 g/mol. The van der Waals surface area contributed by atoms with Crippen molar-refractivity contribution in [2.75, 3.05) is 11.5 Å². The van der Waals surface area contributed by atoms with Crippen molar-refractivity contribution in [1.82, 2.24) is 9.97 Å². The zero-order valence-corrected chi connectivity index (χ0v) is 6.23. The second-order valence-electron chi connectivity index (χ2n) is 2.05. The Morgan fingerprint density at radius 2 is 1.67 bits per heavy atom. The molecule has 12 heavy (non-hydrogen) atoms. The van der Waals surface area contributed by atoms with Crippen LogP contribution in [0.3, 0.4) is 0 Å². The van der Waals surface area contributed by atoms with E-state index in [0.29, 0.717) is 0 Å². The first kappa shape index (κ1) is 8.05. The van der Waals surface area contributed by atoms with Gasteiger partial charge >= 0.3 is 0 Å². The minimum absolute atomic E-state index is 0.0625. The van der Waals surface area contributed by atoms with Crippen LogP contribution < -0.4 is 22.9 Å². The molecule has 1 heterocycles. The topological polar surface area (TPSA) is 142 Å².